The molecular formula is C15H22ClNO4S. The van der Waals surface area contributed by atoms with Gasteiger partial charge in [-0.05, 0) is 31.4 Å². The van der Waals surface area contributed by atoms with Crippen molar-refractivity contribution in [3.8, 4) is 11.5 Å². The van der Waals surface area contributed by atoms with Crippen molar-refractivity contribution in [2.45, 2.75) is 25.9 Å². The van der Waals surface area contributed by atoms with Crippen molar-refractivity contribution in [2.24, 2.45) is 0 Å². The van der Waals surface area contributed by atoms with Crippen LogP contribution in [-0.2, 0) is 11.3 Å². The van der Waals surface area contributed by atoms with Gasteiger partial charge in [-0.1, -0.05) is 11.6 Å². The Hall–Kier alpha value is -1.11. The Kier molecular flexibility index (Phi) is 8.45. The summed E-state index contributed by atoms with van der Waals surface area (Å²) in [6.45, 7) is 2.71. The summed E-state index contributed by atoms with van der Waals surface area (Å²) >= 11 is 7.70. The molecule has 1 unspecified atom stereocenters. The zero-order valence-corrected chi connectivity index (χ0v) is 14.6. The number of hydrogen-bond donors (Lipinski definition) is 2. The van der Waals surface area contributed by atoms with E-state index in [4.69, 9.17) is 21.1 Å². The van der Waals surface area contributed by atoms with Gasteiger partial charge in [0.05, 0.1) is 13.7 Å². The minimum Gasteiger partial charge on any atom is -0.493 e. The van der Waals surface area contributed by atoms with Crippen LogP contribution in [0.15, 0.2) is 12.1 Å². The van der Waals surface area contributed by atoms with Crippen LogP contribution in [0, 0.1) is 0 Å². The van der Waals surface area contributed by atoms with Crippen molar-refractivity contribution in [3.63, 3.8) is 0 Å². The largest absolute Gasteiger partial charge is 0.493 e. The molecule has 0 saturated heterocycles. The van der Waals surface area contributed by atoms with E-state index in [1.165, 1.54) is 0 Å². The number of halogens is 1. The lowest BCUT2D eigenvalue weighted by atomic mass is 10.1. The molecule has 22 heavy (non-hydrogen) atoms. The van der Waals surface area contributed by atoms with Gasteiger partial charge in [-0.25, -0.2) is 0 Å². The zero-order chi connectivity index (χ0) is 16.5. The van der Waals surface area contributed by atoms with Crippen molar-refractivity contribution in [3.05, 3.63) is 22.7 Å². The molecule has 1 aromatic rings. The molecule has 0 radical (unpaired) electrons. The highest BCUT2D eigenvalue weighted by molar-refractivity contribution is 7.98. The summed E-state index contributed by atoms with van der Waals surface area (Å²) < 4.78 is 10.9. The molecule has 1 rings (SSSR count). The van der Waals surface area contributed by atoms with E-state index < -0.39 is 12.0 Å². The van der Waals surface area contributed by atoms with Gasteiger partial charge < -0.3 is 19.9 Å². The van der Waals surface area contributed by atoms with Crippen molar-refractivity contribution >= 4 is 29.3 Å². The SMILES string of the molecule is CCOc1c(CNC(CCSC)C(=O)O)cc(Cl)cc1OC. The van der Waals surface area contributed by atoms with Gasteiger partial charge in [0.1, 0.15) is 6.04 Å². The molecule has 0 amide bonds. The molecule has 0 heterocycles. The molecule has 0 aliphatic carbocycles. The first kappa shape index (κ1) is 18.9. The number of rotatable bonds is 10. The van der Waals surface area contributed by atoms with Gasteiger partial charge in [-0.15, -0.1) is 0 Å². The minimum atomic E-state index is -0.860. The zero-order valence-electron chi connectivity index (χ0n) is 13.0. The van der Waals surface area contributed by atoms with E-state index in [0.717, 1.165) is 11.3 Å². The highest BCUT2D eigenvalue weighted by Crippen LogP contribution is 2.34. The summed E-state index contributed by atoms with van der Waals surface area (Å²) in [7, 11) is 1.55. The van der Waals surface area contributed by atoms with Crippen LogP contribution < -0.4 is 14.8 Å². The molecule has 0 aromatic heterocycles. The smallest absolute Gasteiger partial charge is 0.320 e. The third kappa shape index (κ3) is 5.59. The van der Waals surface area contributed by atoms with Gasteiger partial charge in [0.25, 0.3) is 0 Å². The van der Waals surface area contributed by atoms with Crippen LogP contribution in [0.2, 0.25) is 5.02 Å². The molecule has 0 fully saturated rings. The average molecular weight is 348 g/mol. The van der Waals surface area contributed by atoms with Crippen LogP contribution in [0.3, 0.4) is 0 Å². The Morgan fingerprint density at radius 3 is 2.77 bits per heavy atom. The first-order chi connectivity index (χ1) is 10.5. The summed E-state index contributed by atoms with van der Waals surface area (Å²) in [5.74, 6) is 1.06. The van der Waals surface area contributed by atoms with Crippen LogP contribution >= 0.6 is 23.4 Å². The lowest BCUT2D eigenvalue weighted by molar-refractivity contribution is -0.139. The monoisotopic (exact) mass is 347 g/mol. The number of benzene rings is 1. The number of methoxy groups -OCH3 is 1. The van der Waals surface area contributed by atoms with E-state index in [0.29, 0.717) is 36.1 Å². The minimum absolute atomic E-state index is 0.345. The molecular weight excluding hydrogens is 326 g/mol. The van der Waals surface area contributed by atoms with Gasteiger partial charge in [-0.3, -0.25) is 4.79 Å². The maximum absolute atomic E-state index is 11.3. The number of thioether (sulfide) groups is 1. The van der Waals surface area contributed by atoms with Crippen LogP contribution in [0.5, 0.6) is 11.5 Å². The van der Waals surface area contributed by atoms with Crippen LogP contribution in [0.4, 0.5) is 0 Å². The van der Waals surface area contributed by atoms with Gasteiger partial charge in [0, 0.05) is 23.2 Å². The number of carboxylic acids is 1. The molecule has 1 aromatic carbocycles. The van der Waals surface area contributed by atoms with E-state index >= 15 is 0 Å². The number of ether oxygens (including phenoxy) is 2. The number of carboxylic acid groups (broad SMARTS) is 1. The lowest BCUT2D eigenvalue weighted by Gasteiger charge is -2.18. The standard InChI is InChI=1S/C15H22ClNO4S/c1-4-21-14-10(7-11(16)8-13(14)20-2)9-17-12(15(18)19)5-6-22-3/h7-8,12,17H,4-6,9H2,1-3H3,(H,18,19). The Bertz CT molecular complexity index is 499. The predicted octanol–water partition coefficient (Wildman–Crippen LogP) is 3.04. The fraction of sp³-hybridized carbons (Fsp3) is 0.533. The van der Waals surface area contributed by atoms with Crippen molar-refractivity contribution in [1.82, 2.24) is 5.32 Å². The topological polar surface area (TPSA) is 67.8 Å². The van der Waals surface area contributed by atoms with Crippen LogP contribution in [0.1, 0.15) is 18.9 Å². The van der Waals surface area contributed by atoms with E-state index in [9.17, 15) is 9.90 Å². The summed E-state index contributed by atoms with van der Waals surface area (Å²) in [5, 5.41) is 12.8. The molecule has 0 aliphatic heterocycles. The molecule has 0 spiro atoms. The fourth-order valence-corrected chi connectivity index (χ4v) is 2.70. The average Bonchev–Trinajstić information content (AvgIpc) is 2.48. The molecule has 0 saturated carbocycles. The van der Waals surface area contributed by atoms with Gasteiger partial charge in [0.15, 0.2) is 11.5 Å². The summed E-state index contributed by atoms with van der Waals surface area (Å²) in [6, 6.07) is 2.83. The van der Waals surface area contributed by atoms with Gasteiger partial charge >= 0.3 is 5.97 Å². The quantitative estimate of drug-likeness (QED) is 0.678. The molecule has 0 bridgehead atoms. The fourth-order valence-electron chi connectivity index (χ4n) is 2.00. The van der Waals surface area contributed by atoms with E-state index in [1.54, 1.807) is 31.0 Å². The van der Waals surface area contributed by atoms with E-state index in [-0.39, 0.29) is 0 Å². The van der Waals surface area contributed by atoms with Crippen LogP contribution in [0.25, 0.3) is 0 Å². The Morgan fingerprint density at radius 1 is 1.50 bits per heavy atom. The summed E-state index contributed by atoms with van der Waals surface area (Å²) in [6.07, 6.45) is 2.51. The Morgan fingerprint density at radius 2 is 2.23 bits per heavy atom. The number of hydrogen-bond acceptors (Lipinski definition) is 5. The first-order valence-electron chi connectivity index (χ1n) is 6.97. The summed E-state index contributed by atoms with van der Waals surface area (Å²) in [4.78, 5) is 11.3. The highest BCUT2D eigenvalue weighted by Gasteiger charge is 2.18. The molecule has 1 atom stereocenters. The molecule has 5 nitrogen and oxygen atoms in total. The van der Waals surface area contributed by atoms with Gasteiger partial charge in [-0.2, -0.15) is 11.8 Å². The number of nitrogens with one attached hydrogen (secondary N) is 1. The van der Waals surface area contributed by atoms with Crippen LogP contribution in [-0.4, -0.2) is 42.8 Å². The third-order valence-electron chi connectivity index (χ3n) is 3.05. The number of aliphatic carboxylic acids is 1. The molecule has 124 valence electrons. The van der Waals surface area contributed by atoms with E-state index in [1.807, 2.05) is 13.2 Å². The maximum atomic E-state index is 11.3. The predicted molar refractivity (Wildman–Crippen MR) is 90.4 cm³/mol. The third-order valence-corrected chi connectivity index (χ3v) is 3.91. The molecule has 7 heteroatoms. The molecule has 0 aliphatic rings. The summed E-state index contributed by atoms with van der Waals surface area (Å²) in [5.41, 5.74) is 0.779. The number of carbonyl (C=O) groups is 1. The Labute approximate surface area is 140 Å². The normalized spacial score (nSPS) is 12.0. The van der Waals surface area contributed by atoms with E-state index in [2.05, 4.69) is 5.32 Å². The van der Waals surface area contributed by atoms with Gasteiger partial charge in [0.2, 0.25) is 0 Å². The van der Waals surface area contributed by atoms with Crippen molar-refractivity contribution in [1.29, 1.82) is 0 Å². The maximum Gasteiger partial charge on any atom is 0.320 e. The van der Waals surface area contributed by atoms with Crippen molar-refractivity contribution < 1.29 is 19.4 Å². The lowest BCUT2D eigenvalue weighted by Crippen LogP contribution is -2.36. The highest BCUT2D eigenvalue weighted by atomic mass is 35.5. The van der Waals surface area contributed by atoms with Crippen molar-refractivity contribution in [2.75, 3.05) is 25.7 Å². The second kappa shape index (κ2) is 9.82. The Balaban J connectivity index is 2.90. The molecule has 2 N–H and O–H groups in total. The second-order valence-electron chi connectivity index (χ2n) is 4.58. The first-order valence-corrected chi connectivity index (χ1v) is 8.75. The second-order valence-corrected chi connectivity index (χ2v) is 6.00.